The molecule has 0 heterocycles. The van der Waals surface area contributed by atoms with Gasteiger partial charge in [0.05, 0.1) is 5.04 Å². The highest BCUT2D eigenvalue weighted by Crippen LogP contribution is 2.36. The van der Waals surface area contributed by atoms with Crippen LogP contribution in [0.1, 0.15) is 32.1 Å². The zero-order chi connectivity index (χ0) is 8.81. The van der Waals surface area contributed by atoms with E-state index < -0.39 is 0 Å². The summed E-state index contributed by atoms with van der Waals surface area (Å²) in [5.74, 6) is 0. The summed E-state index contributed by atoms with van der Waals surface area (Å²) in [7, 11) is 3.42. The van der Waals surface area contributed by atoms with Gasteiger partial charge in [-0.2, -0.15) is 0 Å². The molecule has 1 aliphatic carbocycles. The van der Waals surface area contributed by atoms with Crippen LogP contribution in [0, 0.1) is 5.41 Å². The van der Waals surface area contributed by atoms with Crippen molar-refractivity contribution in [1.29, 1.82) is 5.41 Å². The van der Waals surface area contributed by atoms with Crippen molar-refractivity contribution in [3.63, 3.8) is 0 Å². The van der Waals surface area contributed by atoms with Crippen molar-refractivity contribution >= 4 is 26.6 Å². The van der Waals surface area contributed by atoms with Crippen molar-refractivity contribution in [2.75, 3.05) is 0 Å². The molecule has 1 saturated carbocycles. The third-order valence-corrected chi connectivity index (χ3v) is 4.84. The van der Waals surface area contributed by atoms with Gasteiger partial charge in [-0.25, -0.2) is 0 Å². The highest BCUT2D eigenvalue weighted by Gasteiger charge is 2.14. The fourth-order valence-electron chi connectivity index (χ4n) is 1.32. The average Bonchev–Trinajstić information content (AvgIpc) is 2.16. The molecule has 3 heteroatoms. The third kappa shape index (κ3) is 3.68. The maximum absolute atomic E-state index is 7.38. The molecular weight excluding hydrogens is 186 g/mol. The molecule has 0 spiro atoms. The van der Waals surface area contributed by atoms with E-state index in [1.54, 1.807) is 16.9 Å². The van der Waals surface area contributed by atoms with Gasteiger partial charge >= 0.3 is 0 Å². The van der Waals surface area contributed by atoms with E-state index in [1.165, 1.54) is 32.1 Å². The molecule has 1 fully saturated rings. The van der Waals surface area contributed by atoms with Crippen molar-refractivity contribution in [3.05, 3.63) is 12.7 Å². The molecule has 68 valence electrons. The second-order valence-electron chi connectivity index (χ2n) is 3.01. The Morgan fingerprint density at radius 3 is 2.58 bits per heavy atom. The summed E-state index contributed by atoms with van der Waals surface area (Å²) in [5, 5.41) is 8.75. The van der Waals surface area contributed by atoms with Crippen molar-refractivity contribution in [3.8, 4) is 0 Å². The van der Waals surface area contributed by atoms with Crippen LogP contribution in [0.2, 0.25) is 0 Å². The molecule has 1 aliphatic rings. The number of hydrogen-bond donors (Lipinski definition) is 1. The lowest BCUT2D eigenvalue weighted by Crippen LogP contribution is -2.06. The van der Waals surface area contributed by atoms with Crippen LogP contribution in [-0.2, 0) is 0 Å². The van der Waals surface area contributed by atoms with Crippen molar-refractivity contribution in [1.82, 2.24) is 0 Å². The van der Waals surface area contributed by atoms with Gasteiger partial charge in [0, 0.05) is 5.25 Å². The van der Waals surface area contributed by atoms with Gasteiger partial charge in [0.1, 0.15) is 0 Å². The van der Waals surface area contributed by atoms with Crippen LogP contribution >= 0.6 is 21.6 Å². The molecule has 0 aliphatic heterocycles. The first-order valence-corrected chi connectivity index (χ1v) is 6.58. The van der Waals surface area contributed by atoms with Crippen LogP contribution in [0.3, 0.4) is 0 Å². The molecule has 1 nitrogen and oxygen atoms in total. The van der Waals surface area contributed by atoms with E-state index in [0.717, 1.165) is 5.25 Å². The quantitative estimate of drug-likeness (QED) is 0.426. The molecular formula is C9H15NS2. The smallest absolute Gasteiger partial charge is 0.0969 e. The molecule has 0 aromatic rings. The number of hydrogen-bond acceptors (Lipinski definition) is 3. The van der Waals surface area contributed by atoms with Crippen LogP contribution in [0.4, 0.5) is 0 Å². The predicted octanol–water partition coefficient (Wildman–Crippen LogP) is 3.86. The Hall–Kier alpha value is 0.110. The van der Waals surface area contributed by atoms with Crippen molar-refractivity contribution < 1.29 is 0 Å². The largest absolute Gasteiger partial charge is 0.293 e. The highest BCUT2D eigenvalue weighted by molar-refractivity contribution is 8.82. The van der Waals surface area contributed by atoms with Gasteiger partial charge in [-0.3, -0.25) is 5.41 Å². The van der Waals surface area contributed by atoms with Crippen LogP contribution in [-0.4, -0.2) is 10.3 Å². The van der Waals surface area contributed by atoms with E-state index in [1.807, 2.05) is 10.8 Å². The van der Waals surface area contributed by atoms with Crippen LogP contribution < -0.4 is 0 Å². The van der Waals surface area contributed by atoms with Crippen LogP contribution in [0.5, 0.6) is 0 Å². The van der Waals surface area contributed by atoms with Gasteiger partial charge in [-0.15, -0.1) is 0 Å². The van der Waals surface area contributed by atoms with Crippen molar-refractivity contribution in [2.45, 2.75) is 37.4 Å². The second-order valence-corrected chi connectivity index (χ2v) is 5.55. The molecule has 0 atom stereocenters. The maximum Gasteiger partial charge on any atom is 0.0969 e. The summed E-state index contributed by atoms with van der Waals surface area (Å²) in [6.45, 7) is 3.57. The van der Waals surface area contributed by atoms with Crippen LogP contribution in [0.15, 0.2) is 12.7 Å². The summed E-state index contributed by atoms with van der Waals surface area (Å²) in [6.07, 6.45) is 8.44. The number of nitrogens with one attached hydrogen (secondary N) is 1. The Morgan fingerprint density at radius 2 is 2.00 bits per heavy atom. The maximum atomic E-state index is 7.38. The first kappa shape index (κ1) is 10.2. The van der Waals surface area contributed by atoms with E-state index in [0.29, 0.717) is 5.04 Å². The summed E-state index contributed by atoms with van der Waals surface area (Å²) in [4.78, 5) is 0. The summed E-state index contributed by atoms with van der Waals surface area (Å²) >= 11 is 0. The molecule has 0 bridgehead atoms. The second kappa shape index (κ2) is 5.70. The monoisotopic (exact) mass is 201 g/mol. The summed E-state index contributed by atoms with van der Waals surface area (Å²) in [6, 6.07) is 0. The first-order chi connectivity index (χ1) is 5.83. The van der Waals surface area contributed by atoms with E-state index in [4.69, 9.17) is 5.41 Å². The Bertz CT molecular complexity index is 162. The van der Waals surface area contributed by atoms with E-state index in [9.17, 15) is 0 Å². The minimum atomic E-state index is 0.588. The molecule has 12 heavy (non-hydrogen) atoms. The minimum Gasteiger partial charge on any atom is -0.293 e. The predicted molar refractivity (Wildman–Crippen MR) is 60.0 cm³/mol. The molecule has 0 unspecified atom stereocenters. The topological polar surface area (TPSA) is 23.9 Å². The molecule has 0 aromatic heterocycles. The Labute approximate surface area is 82.3 Å². The SMILES string of the molecule is C=CC(=N)SSC1CCCCC1. The minimum absolute atomic E-state index is 0.588. The molecule has 0 radical (unpaired) electrons. The lowest BCUT2D eigenvalue weighted by atomic mass is 10.0. The van der Waals surface area contributed by atoms with Gasteiger partial charge in [0.15, 0.2) is 0 Å². The van der Waals surface area contributed by atoms with Crippen LogP contribution in [0.25, 0.3) is 0 Å². The third-order valence-electron chi connectivity index (χ3n) is 2.01. The van der Waals surface area contributed by atoms with Gasteiger partial charge in [-0.05, 0) is 29.7 Å². The zero-order valence-corrected chi connectivity index (χ0v) is 8.85. The fourth-order valence-corrected chi connectivity index (χ4v) is 3.65. The standard InChI is InChI=1S/C9H15NS2/c1-2-9(10)12-11-8-6-4-3-5-7-8/h2,8,10H,1,3-7H2. The van der Waals surface area contributed by atoms with Gasteiger partial charge in [0.25, 0.3) is 0 Å². The Morgan fingerprint density at radius 1 is 1.33 bits per heavy atom. The van der Waals surface area contributed by atoms with E-state index in [-0.39, 0.29) is 0 Å². The lowest BCUT2D eigenvalue weighted by molar-refractivity contribution is 0.517. The van der Waals surface area contributed by atoms with Gasteiger partial charge < -0.3 is 0 Å². The molecule has 0 amide bonds. The Balaban J connectivity index is 2.12. The van der Waals surface area contributed by atoms with Crippen molar-refractivity contribution in [2.24, 2.45) is 0 Å². The average molecular weight is 201 g/mol. The summed E-state index contributed by atoms with van der Waals surface area (Å²) < 4.78 is 0. The van der Waals surface area contributed by atoms with E-state index >= 15 is 0 Å². The number of rotatable bonds is 3. The fraction of sp³-hybridized carbons (Fsp3) is 0.667. The molecule has 1 N–H and O–H groups in total. The van der Waals surface area contributed by atoms with Gasteiger partial charge in [0.2, 0.25) is 0 Å². The normalized spacial score (nSPS) is 19.0. The summed E-state index contributed by atoms with van der Waals surface area (Å²) in [5.41, 5.74) is 0. The zero-order valence-electron chi connectivity index (χ0n) is 7.21. The lowest BCUT2D eigenvalue weighted by Gasteiger charge is -2.19. The van der Waals surface area contributed by atoms with Gasteiger partial charge in [-0.1, -0.05) is 36.6 Å². The molecule has 0 saturated heterocycles. The Kier molecular flexibility index (Phi) is 4.84. The first-order valence-electron chi connectivity index (χ1n) is 4.37. The molecule has 1 rings (SSSR count). The highest BCUT2D eigenvalue weighted by atomic mass is 33.1. The van der Waals surface area contributed by atoms with E-state index in [2.05, 4.69) is 6.58 Å². The molecule has 0 aromatic carbocycles.